The molecule has 15 heavy (non-hydrogen) atoms. The molecular weight excluding hydrogens is 210 g/mol. The highest BCUT2D eigenvalue weighted by Gasteiger charge is 2.25. The van der Waals surface area contributed by atoms with Crippen molar-refractivity contribution < 1.29 is 4.74 Å². The molecule has 0 radical (unpaired) electrons. The second kappa shape index (κ2) is 4.97. The maximum atomic E-state index is 5.87. The zero-order valence-electron chi connectivity index (χ0n) is 8.87. The van der Waals surface area contributed by atoms with Crippen molar-refractivity contribution in [3.8, 4) is 0 Å². The van der Waals surface area contributed by atoms with E-state index in [1.54, 1.807) is 7.11 Å². The highest BCUT2D eigenvalue weighted by molar-refractivity contribution is 6.30. The lowest BCUT2D eigenvalue weighted by Gasteiger charge is -2.31. The van der Waals surface area contributed by atoms with Crippen molar-refractivity contribution in [1.29, 1.82) is 0 Å². The smallest absolute Gasteiger partial charge is 0.0664 e. The van der Waals surface area contributed by atoms with Crippen molar-refractivity contribution in [2.24, 2.45) is 0 Å². The molecule has 2 nitrogen and oxygen atoms in total. The molecule has 2 rings (SSSR count). The number of rotatable bonds is 2. The molecule has 1 aromatic rings. The summed E-state index contributed by atoms with van der Waals surface area (Å²) in [7, 11) is 1.79. The maximum absolute atomic E-state index is 5.87. The summed E-state index contributed by atoms with van der Waals surface area (Å²) in [6.07, 6.45) is 1.40. The Labute approximate surface area is 95.6 Å². The quantitative estimate of drug-likeness (QED) is 0.835. The van der Waals surface area contributed by atoms with Crippen LogP contribution in [-0.4, -0.2) is 26.3 Å². The van der Waals surface area contributed by atoms with E-state index in [4.69, 9.17) is 16.3 Å². The molecule has 82 valence electrons. The molecule has 1 saturated heterocycles. The van der Waals surface area contributed by atoms with Gasteiger partial charge < -0.3 is 10.1 Å². The van der Waals surface area contributed by atoms with Gasteiger partial charge in [0, 0.05) is 24.6 Å². The summed E-state index contributed by atoms with van der Waals surface area (Å²) < 4.78 is 5.52. The average molecular weight is 226 g/mol. The third-order valence-electron chi connectivity index (χ3n) is 3.02. The van der Waals surface area contributed by atoms with Crippen molar-refractivity contribution in [2.75, 3.05) is 20.2 Å². The van der Waals surface area contributed by atoms with E-state index in [1.165, 1.54) is 5.56 Å². The molecule has 3 heteroatoms. The molecule has 1 fully saturated rings. The molecule has 0 aromatic heterocycles. The number of methoxy groups -OCH3 is 1. The number of hydrogen-bond acceptors (Lipinski definition) is 2. The van der Waals surface area contributed by atoms with Crippen LogP contribution in [0.3, 0.4) is 0 Å². The van der Waals surface area contributed by atoms with Gasteiger partial charge in [-0.25, -0.2) is 0 Å². The van der Waals surface area contributed by atoms with Crippen LogP contribution in [0.15, 0.2) is 24.3 Å². The monoisotopic (exact) mass is 225 g/mol. The van der Waals surface area contributed by atoms with E-state index in [0.717, 1.165) is 24.5 Å². The van der Waals surface area contributed by atoms with Crippen LogP contribution in [0.5, 0.6) is 0 Å². The Morgan fingerprint density at radius 3 is 2.73 bits per heavy atom. The molecule has 0 bridgehead atoms. The van der Waals surface area contributed by atoms with Gasteiger partial charge in [0.25, 0.3) is 0 Å². The Morgan fingerprint density at radius 1 is 1.33 bits per heavy atom. The highest BCUT2D eigenvalue weighted by Crippen LogP contribution is 2.26. The average Bonchev–Trinajstić information content (AvgIpc) is 2.30. The van der Waals surface area contributed by atoms with Gasteiger partial charge in [-0.2, -0.15) is 0 Å². The summed E-state index contributed by atoms with van der Waals surface area (Å²) in [6, 6.07) is 8.06. The fourth-order valence-corrected chi connectivity index (χ4v) is 2.29. The van der Waals surface area contributed by atoms with Crippen molar-refractivity contribution in [3.63, 3.8) is 0 Å². The number of piperidine rings is 1. The molecule has 0 spiro atoms. The van der Waals surface area contributed by atoms with Crippen LogP contribution in [0.25, 0.3) is 0 Å². The third kappa shape index (κ3) is 2.51. The number of halogens is 1. The largest absolute Gasteiger partial charge is 0.381 e. The maximum Gasteiger partial charge on any atom is 0.0664 e. The Kier molecular flexibility index (Phi) is 3.62. The second-order valence-corrected chi connectivity index (χ2v) is 4.36. The number of benzene rings is 1. The summed E-state index contributed by atoms with van der Waals surface area (Å²) in [4.78, 5) is 0. The Balaban J connectivity index is 2.16. The molecule has 0 aliphatic carbocycles. The Morgan fingerprint density at radius 2 is 2.07 bits per heavy atom. The van der Waals surface area contributed by atoms with Crippen LogP contribution in [0.1, 0.15) is 17.9 Å². The fraction of sp³-hybridized carbons (Fsp3) is 0.500. The first kappa shape index (κ1) is 10.9. The van der Waals surface area contributed by atoms with E-state index in [9.17, 15) is 0 Å². The first-order valence-corrected chi connectivity index (χ1v) is 5.68. The summed E-state index contributed by atoms with van der Waals surface area (Å²) >= 11 is 5.87. The molecule has 2 unspecified atom stereocenters. The molecule has 0 saturated carbocycles. The normalized spacial score (nSPS) is 26.5. The lowest BCUT2D eigenvalue weighted by atomic mass is 9.89. The zero-order chi connectivity index (χ0) is 10.7. The minimum atomic E-state index is 0.326. The zero-order valence-corrected chi connectivity index (χ0v) is 9.63. The van der Waals surface area contributed by atoms with E-state index in [1.807, 2.05) is 12.1 Å². The van der Waals surface area contributed by atoms with Crippen LogP contribution in [-0.2, 0) is 4.74 Å². The van der Waals surface area contributed by atoms with Gasteiger partial charge in [-0.3, -0.25) is 0 Å². The second-order valence-electron chi connectivity index (χ2n) is 3.92. The topological polar surface area (TPSA) is 21.3 Å². The van der Waals surface area contributed by atoms with Gasteiger partial charge in [-0.05, 0) is 30.7 Å². The van der Waals surface area contributed by atoms with Gasteiger partial charge in [-0.1, -0.05) is 23.7 Å². The molecule has 1 N–H and O–H groups in total. The van der Waals surface area contributed by atoms with Crippen molar-refractivity contribution in [2.45, 2.75) is 18.4 Å². The predicted molar refractivity (Wildman–Crippen MR) is 62.5 cm³/mol. The fourth-order valence-electron chi connectivity index (χ4n) is 2.16. The van der Waals surface area contributed by atoms with E-state index in [2.05, 4.69) is 17.4 Å². The van der Waals surface area contributed by atoms with Gasteiger partial charge in [0.1, 0.15) is 0 Å². The van der Waals surface area contributed by atoms with Crippen molar-refractivity contribution >= 4 is 11.6 Å². The molecule has 2 atom stereocenters. The lowest BCUT2D eigenvalue weighted by molar-refractivity contribution is 0.0586. The summed E-state index contributed by atoms with van der Waals surface area (Å²) in [6.45, 7) is 2.03. The van der Waals surface area contributed by atoms with Gasteiger partial charge in [0.15, 0.2) is 0 Å². The Hall–Kier alpha value is -0.570. The van der Waals surface area contributed by atoms with Crippen LogP contribution in [0.4, 0.5) is 0 Å². The molecular formula is C12H16ClNO. The van der Waals surface area contributed by atoms with E-state index < -0.39 is 0 Å². The molecule has 0 amide bonds. The van der Waals surface area contributed by atoms with Crippen LogP contribution < -0.4 is 5.32 Å². The van der Waals surface area contributed by atoms with E-state index in [-0.39, 0.29) is 0 Å². The number of nitrogens with one attached hydrogen (secondary N) is 1. The molecule has 1 aromatic carbocycles. The molecule has 1 heterocycles. The first-order chi connectivity index (χ1) is 7.31. The van der Waals surface area contributed by atoms with Crippen LogP contribution in [0, 0.1) is 0 Å². The Bertz CT molecular complexity index is 312. The number of ether oxygens (including phenoxy) is 1. The van der Waals surface area contributed by atoms with Gasteiger partial charge in [0.05, 0.1) is 6.10 Å². The molecule has 1 aliphatic heterocycles. The lowest BCUT2D eigenvalue weighted by Crippen LogP contribution is -2.39. The van der Waals surface area contributed by atoms with Crippen LogP contribution >= 0.6 is 11.6 Å². The summed E-state index contributed by atoms with van der Waals surface area (Å²) in [5.41, 5.74) is 1.30. The summed E-state index contributed by atoms with van der Waals surface area (Å²) in [5.74, 6) is 0.445. The third-order valence-corrected chi connectivity index (χ3v) is 3.27. The van der Waals surface area contributed by atoms with Crippen molar-refractivity contribution in [1.82, 2.24) is 5.32 Å². The molecule has 1 aliphatic rings. The highest BCUT2D eigenvalue weighted by atomic mass is 35.5. The summed E-state index contributed by atoms with van der Waals surface area (Å²) in [5, 5.41) is 4.19. The minimum Gasteiger partial charge on any atom is -0.381 e. The SMILES string of the molecule is COC1CCNCC1c1ccc(Cl)cc1. The van der Waals surface area contributed by atoms with Crippen LogP contribution in [0.2, 0.25) is 5.02 Å². The minimum absolute atomic E-state index is 0.326. The van der Waals surface area contributed by atoms with Crippen molar-refractivity contribution in [3.05, 3.63) is 34.9 Å². The first-order valence-electron chi connectivity index (χ1n) is 5.30. The standard InChI is InChI=1S/C12H16ClNO/c1-15-12-6-7-14-8-11(12)9-2-4-10(13)5-3-9/h2-5,11-12,14H,6-8H2,1H3. The number of hydrogen-bond donors (Lipinski definition) is 1. The van der Waals surface area contributed by atoms with E-state index in [0.29, 0.717) is 12.0 Å². The van der Waals surface area contributed by atoms with Gasteiger partial charge in [0.2, 0.25) is 0 Å². The van der Waals surface area contributed by atoms with Gasteiger partial charge in [-0.15, -0.1) is 0 Å². The van der Waals surface area contributed by atoms with E-state index >= 15 is 0 Å². The predicted octanol–water partition coefficient (Wildman–Crippen LogP) is 2.43. The van der Waals surface area contributed by atoms with Gasteiger partial charge >= 0.3 is 0 Å².